The Morgan fingerprint density at radius 3 is 2.37 bits per heavy atom. The van der Waals surface area contributed by atoms with Crippen LogP contribution >= 0.6 is 22.9 Å². The third-order valence-electron chi connectivity index (χ3n) is 16.0. The number of carbonyl (C=O) groups excluding carboxylic acids is 5. The van der Waals surface area contributed by atoms with E-state index in [4.69, 9.17) is 26.8 Å². The number of hydrogen-bond acceptors (Lipinski definition) is 12. The summed E-state index contributed by atoms with van der Waals surface area (Å²) in [6.07, 6.45) is 5.04. The number of hydrogen-bond donors (Lipinski definition) is 3. The maximum Gasteiger partial charge on any atom is 0.322 e. The predicted molar refractivity (Wildman–Crippen MR) is 294 cm³/mol. The van der Waals surface area contributed by atoms with Crippen LogP contribution in [-0.4, -0.2) is 147 Å². The van der Waals surface area contributed by atoms with Crippen LogP contribution in [0, 0.1) is 32.5 Å². The fraction of sp³-hybridized carbons (Fsp3) is 0.411. The summed E-state index contributed by atoms with van der Waals surface area (Å²) in [5, 5.41) is 34.9. The first-order valence-electron chi connectivity index (χ1n) is 26.6. The number of carboxylic acids is 1. The number of likely N-dealkylation sites (tertiary alicyclic amines) is 3. The average molecular weight is 1110 g/mol. The lowest BCUT2D eigenvalue weighted by molar-refractivity contribution is -0.148. The number of benzene rings is 3. The van der Waals surface area contributed by atoms with Gasteiger partial charge in [0.1, 0.15) is 41.8 Å². The molecule has 79 heavy (non-hydrogen) atoms. The molecule has 0 bridgehead atoms. The first kappa shape index (κ1) is 53.2. The molecule has 1 unspecified atom stereocenters. The number of piperidine rings is 2. The Morgan fingerprint density at radius 2 is 1.59 bits per heavy atom. The Labute approximate surface area is 462 Å². The van der Waals surface area contributed by atoms with Crippen molar-refractivity contribution in [3.8, 4) is 16.1 Å². The van der Waals surface area contributed by atoms with Crippen LogP contribution in [0.5, 0.6) is 0 Å². The molecule has 8 heterocycles. The molecule has 5 amide bonds. The summed E-state index contributed by atoms with van der Waals surface area (Å²) < 4.78 is 21.3. The monoisotopic (exact) mass is 1110 g/mol. The fourth-order valence-electron chi connectivity index (χ4n) is 11.8. The van der Waals surface area contributed by atoms with Crippen molar-refractivity contribution in [3.05, 3.63) is 111 Å². The van der Waals surface area contributed by atoms with Crippen LogP contribution < -0.4 is 10.6 Å². The van der Waals surface area contributed by atoms with E-state index in [9.17, 15) is 28.8 Å². The molecule has 7 aromatic rings. The molecule has 4 aromatic heterocycles. The normalized spacial score (nSPS) is 18.6. The van der Waals surface area contributed by atoms with Crippen molar-refractivity contribution >= 4 is 86.0 Å². The summed E-state index contributed by atoms with van der Waals surface area (Å²) in [5.41, 5.74) is 6.48. The first-order chi connectivity index (χ1) is 38.0. The van der Waals surface area contributed by atoms with Gasteiger partial charge < -0.3 is 30.4 Å². The van der Waals surface area contributed by atoms with E-state index in [0.717, 1.165) is 37.8 Å². The molecule has 3 saturated heterocycles. The van der Waals surface area contributed by atoms with Crippen LogP contribution in [-0.2, 0) is 42.4 Å². The number of thiophene rings is 1. The van der Waals surface area contributed by atoms with Crippen molar-refractivity contribution in [2.45, 2.75) is 90.3 Å². The molecule has 4 aliphatic rings. The number of nitrogens with one attached hydrogen (secondary N) is 2. The molecule has 3 atom stereocenters. The quantitative estimate of drug-likeness (QED) is 0.118. The van der Waals surface area contributed by atoms with Gasteiger partial charge in [0.05, 0.1) is 47.5 Å². The zero-order chi connectivity index (χ0) is 55.4. The zero-order valence-electron chi connectivity index (χ0n) is 44.2. The molecule has 0 saturated carbocycles. The Balaban J connectivity index is 0.784. The maximum absolute atomic E-state index is 16.1. The van der Waals surface area contributed by atoms with Crippen LogP contribution in [0.15, 0.2) is 65.8 Å². The summed E-state index contributed by atoms with van der Waals surface area (Å²) in [6.45, 7) is 6.68. The number of carbonyl (C=O) groups is 6. The van der Waals surface area contributed by atoms with E-state index in [-0.39, 0.29) is 43.1 Å². The number of aliphatic carboxylic acids is 1. The highest BCUT2D eigenvalue weighted by molar-refractivity contribution is 7.15. The van der Waals surface area contributed by atoms with Crippen molar-refractivity contribution in [1.82, 2.24) is 59.7 Å². The zero-order valence-corrected chi connectivity index (χ0v) is 45.7. The minimum Gasteiger partial charge on any atom is -0.480 e. The topological polar surface area (TPSA) is 235 Å². The number of amides is 5. The standard InChI is InChI=1S/C56H59ClFN13O7S/c1-30-31(2)79-56-49(30)51(33-12-14-37(57)15-13-33)62-41(53-64-63-32(3)71(53)56)24-47(74)69-19-7-11-43(69)55(78)68-18-6-8-35(28-68)54(77)67-20-16-34(17-21-67)52-50-38(39-23-44-36(22-40(39)58)25-61-66(44)4)9-5-10-42(50)70(65-52)29-46(73)59-26-45(72)60-27-48(75)76/h5,9-10,12-15,22-23,25,34-35,41,43H,6-8,11,16-21,24,26-29H2,1-4H3,(H,59,73)(H,60,72)(H,75,76)/t35?,41-,43-/m0/s1. The second-order valence-electron chi connectivity index (χ2n) is 20.9. The number of aryl methyl sites for hydroxylation is 3. The number of nitrogens with zero attached hydrogens (tertiary/aromatic N) is 11. The van der Waals surface area contributed by atoms with Crippen molar-refractivity contribution < 1.29 is 38.3 Å². The van der Waals surface area contributed by atoms with Gasteiger partial charge >= 0.3 is 5.97 Å². The van der Waals surface area contributed by atoms with Crippen LogP contribution in [0.1, 0.15) is 95.8 Å². The molecular weight excluding hydrogens is 1050 g/mol. The lowest BCUT2D eigenvalue weighted by Gasteiger charge is -2.39. The van der Waals surface area contributed by atoms with Crippen molar-refractivity contribution in [2.24, 2.45) is 18.0 Å². The number of fused-ring (bicyclic) bond motifs is 5. The van der Waals surface area contributed by atoms with Crippen LogP contribution in [0.2, 0.25) is 5.02 Å². The second kappa shape index (κ2) is 21.8. The van der Waals surface area contributed by atoms with Crippen molar-refractivity contribution in [2.75, 3.05) is 45.8 Å². The highest BCUT2D eigenvalue weighted by atomic mass is 35.5. The van der Waals surface area contributed by atoms with Gasteiger partial charge in [0.25, 0.3) is 0 Å². The Hall–Kier alpha value is -7.85. The molecule has 410 valence electrons. The lowest BCUT2D eigenvalue weighted by Crippen LogP contribution is -2.53. The number of rotatable bonds is 13. The molecule has 11 rings (SSSR count). The first-order valence-corrected chi connectivity index (χ1v) is 27.8. The largest absolute Gasteiger partial charge is 0.480 e. The number of aromatic nitrogens is 7. The molecular formula is C56H59ClFN13O7S. The van der Waals surface area contributed by atoms with Gasteiger partial charge in [-0.15, -0.1) is 21.5 Å². The Kier molecular flexibility index (Phi) is 14.6. The molecule has 0 spiro atoms. The summed E-state index contributed by atoms with van der Waals surface area (Å²) >= 11 is 7.96. The van der Waals surface area contributed by atoms with Crippen LogP contribution in [0.25, 0.3) is 37.9 Å². The second-order valence-corrected chi connectivity index (χ2v) is 22.6. The van der Waals surface area contributed by atoms with Gasteiger partial charge in [-0.1, -0.05) is 35.9 Å². The number of aliphatic imine (C=N–C) groups is 1. The van der Waals surface area contributed by atoms with E-state index in [1.165, 1.54) is 10.7 Å². The summed E-state index contributed by atoms with van der Waals surface area (Å²) in [4.78, 5) is 91.9. The van der Waals surface area contributed by atoms with Gasteiger partial charge in [-0.05, 0) is 101 Å². The van der Waals surface area contributed by atoms with E-state index in [2.05, 4.69) is 39.8 Å². The van der Waals surface area contributed by atoms with Crippen molar-refractivity contribution in [1.29, 1.82) is 0 Å². The van der Waals surface area contributed by atoms with E-state index < -0.39 is 54.7 Å². The minimum absolute atomic E-state index is 0.0225. The van der Waals surface area contributed by atoms with Crippen LogP contribution in [0.3, 0.4) is 0 Å². The van der Waals surface area contributed by atoms with Crippen molar-refractivity contribution in [3.63, 3.8) is 0 Å². The highest BCUT2D eigenvalue weighted by Gasteiger charge is 2.42. The number of halogens is 2. The maximum atomic E-state index is 16.1. The van der Waals surface area contributed by atoms with Gasteiger partial charge in [0.15, 0.2) is 5.82 Å². The van der Waals surface area contributed by atoms with Crippen LogP contribution in [0.4, 0.5) is 4.39 Å². The molecule has 20 nitrogen and oxygen atoms in total. The fourth-order valence-corrected chi connectivity index (χ4v) is 13.2. The van der Waals surface area contributed by atoms with Gasteiger partial charge in [0, 0.05) is 83.1 Å². The number of carboxylic acid groups (broad SMARTS) is 1. The summed E-state index contributed by atoms with van der Waals surface area (Å²) in [5.74, 6) is -2.67. The lowest BCUT2D eigenvalue weighted by atomic mass is 9.88. The van der Waals surface area contributed by atoms with Gasteiger partial charge in [-0.3, -0.25) is 47.7 Å². The summed E-state index contributed by atoms with van der Waals surface area (Å²) in [6, 6.07) is 14.7. The molecule has 3 N–H and O–H groups in total. The van der Waals surface area contributed by atoms with Gasteiger partial charge in [-0.25, -0.2) is 4.39 Å². The third-order valence-corrected chi connectivity index (χ3v) is 17.4. The van der Waals surface area contributed by atoms with Gasteiger partial charge in [0.2, 0.25) is 29.5 Å². The molecule has 3 fully saturated rings. The van der Waals surface area contributed by atoms with E-state index in [0.29, 0.717) is 114 Å². The molecule has 23 heteroatoms. The predicted octanol–water partition coefficient (Wildman–Crippen LogP) is 6.18. The summed E-state index contributed by atoms with van der Waals surface area (Å²) in [7, 11) is 1.78. The SMILES string of the molecule is Cc1sc2c(c1C)C(c1ccc(Cl)cc1)=N[C@@H](CC(=O)N1CCC[C@H]1C(=O)N1CCCC(C(=O)N3CCC(c4nn(CC(=O)NCC(=O)NCC(=O)O)c5cccc(-c6cc7c(cnn7C)cc6F)c45)CC3)C1)c1nnc(C)n1-2. The average Bonchev–Trinajstić information content (AvgIpc) is 4.34. The minimum atomic E-state index is -1.22. The molecule has 3 aromatic carbocycles. The molecule has 0 aliphatic carbocycles. The van der Waals surface area contributed by atoms with E-state index >= 15 is 4.39 Å². The Bertz CT molecular complexity index is 3630. The van der Waals surface area contributed by atoms with E-state index in [1.54, 1.807) is 57.3 Å². The molecule has 4 aliphatic heterocycles. The molecule has 0 radical (unpaired) electrons. The highest BCUT2D eigenvalue weighted by Crippen LogP contribution is 2.42. The Morgan fingerprint density at radius 1 is 0.835 bits per heavy atom. The third kappa shape index (κ3) is 10.3. The van der Waals surface area contributed by atoms with E-state index in [1.807, 2.05) is 46.7 Å². The smallest absolute Gasteiger partial charge is 0.322 e. The van der Waals surface area contributed by atoms with Gasteiger partial charge in [-0.2, -0.15) is 10.2 Å².